The number of nitrogens with zero attached hydrogens (tertiary/aromatic N) is 2. The lowest BCUT2D eigenvalue weighted by Crippen LogP contribution is -2.22. The lowest BCUT2D eigenvalue weighted by atomic mass is 10.2. The molecule has 1 heterocycles. The first-order valence-electron chi connectivity index (χ1n) is 5.75. The van der Waals surface area contributed by atoms with E-state index in [0.29, 0.717) is 6.61 Å². The molecular weight excluding hydrogens is 270 g/mol. The monoisotopic (exact) mass is 289 g/mol. The minimum Gasteiger partial charge on any atom is -0.379 e. The van der Waals surface area contributed by atoms with Gasteiger partial charge in [-0.2, -0.15) is 5.10 Å². The largest absolute Gasteiger partial charge is 0.379 e. The van der Waals surface area contributed by atoms with Crippen LogP contribution in [-0.2, 0) is 11.3 Å². The molecule has 0 saturated carbocycles. The van der Waals surface area contributed by atoms with Gasteiger partial charge in [-0.3, -0.25) is 4.68 Å². The van der Waals surface area contributed by atoms with Gasteiger partial charge in [-0.1, -0.05) is 13.8 Å². The second kappa shape index (κ2) is 7.04. The molecule has 92 valence electrons. The van der Waals surface area contributed by atoms with E-state index >= 15 is 0 Å². The minimum absolute atomic E-state index is 0.116. The molecule has 2 N–H and O–H groups in total. The van der Waals surface area contributed by atoms with Crippen LogP contribution in [0.1, 0.15) is 38.4 Å². The number of hydrogen-bond acceptors (Lipinski definition) is 3. The second-order valence-corrected chi connectivity index (χ2v) is 4.64. The van der Waals surface area contributed by atoms with Gasteiger partial charge in [-0.05, 0) is 28.8 Å². The summed E-state index contributed by atoms with van der Waals surface area (Å²) < 4.78 is 8.38. The van der Waals surface area contributed by atoms with Crippen LogP contribution in [0.2, 0.25) is 0 Å². The number of nitrogens with two attached hydrogens (primary N) is 1. The zero-order chi connectivity index (χ0) is 12.0. The van der Waals surface area contributed by atoms with Crippen LogP contribution < -0.4 is 5.73 Å². The van der Waals surface area contributed by atoms with E-state index in [-0.39, 0.29) is 6.04 Å². The molecule has 0 fully saturated rings. The normalized spacial score (nSPS) is 13.0. The minimum atomic E-state index is -0.116. The maximum absolute atomic E-state index is 6.10. The predicted molar refractivity (Wildman–Crippen MR) is 68.3 cm³/mol. The van der Waals surface area contributed by atoms with Crippen LogP contribution in [0.15, 0.2) is 10.7 Å². The highest BCUT2D eigenvalue weighted by molar-refractivity contribution is 9.10. The fourth-order valence-electron chi connectivity index (χ4n) is 1.56. The Morgan fingerprint density at radius 3 is 2.88 bits per heavy atom. The van der Waals surface area contributed by atoms with Crippen molar-refractivity contribution in [2.75, 3.05) is 13.2 Å². The van der Waals surface area contributed by atoms with Crippen molar-refractivity contribution in [1.29, 1.82) is 0 Å². The number of halogens is 1. The zero-order valence-electron chi connectivity index (χ0n) is 9.95. The van der Waals surface area contributed by atoms with Gasteiger partial charge >= 0.3 is 0 Å². The Hall–Kier alpha value is -0.390. The fraction of sp³-hybridized carbons (Fsp3) is 0.727. The molecule has 1 aromatic rings. The molecule has 0 spiro atoms. The maximum atomic E-state index is 6.10. The van der Waals surface area contributed by atoms with Gasteiger partial charge in [-0.15, -0.1) is 0 Å². The van der Waals surface area contributed by atoms with Crippen LogP contribution in [0.5, 0.6) is 0 Å². The van der Waals surface area contributed by atoms with Crippen molar-refractivity contribution in [2.45, 2.75) is 39.3 Å². The molecular formula is C11H20BrN3O. The van der Waals surface area contributed by atoms with Crippen molar-refractivity contribution < 1.29 is 4.74 Å². The molecule has 0 bridgehead atoms. The van der Waals surface area contributed by atoms with Crippen molar-refractivity contribution in [2.24, 2.45) is 5.73 Å². The summed E-state index contributed by atoms with van der Waals surface area (Å²) in [6.45, 7) is 6.40. The summed E-state index contributed by atoms with van der Waals surface area (Å²) in [6.07, 6.45) is 3.86. The highest BCUT2D eigenvalue weighted by Crippen LogP contribution is 2.22. The standard InChI is InChI=1S/C11H20BrN3O/c1-3-5-15-11(9(12)7-14-15)10(13)8-16-6-4-2/h7,10H,3-6,8,13H2,1-2H3. The lowest BCUT2D eigenvalue weighted by molar-refractivity contribution is 0.119. The molecule has 1 unspecified atom stereocenters. The number of aromatic nitrogens is 2. The van der Waals surface area contributed by atoms with Gasteiger partial charge in [-0.25, -0.2) is 0 Å². The molecule has 5 heteroatoms. The van der Waals surface area contributed by atoms with E-state index < -0.39 is 0 Å². The quantitative estimate of drug-likeness (QED) is 0.785. The van der Waals surface area contributed by atoms with Crippen LogP contribution in [0.3, 0.4) is 0 Å². The third kappa shape index (κ3) is 3.57. The summed E-state index contributed by atoms with van der Waals surface area (Å²) in [4.78, 5) is 0. The molecule has 4 nitrogen and oxygen atoms in total. The van der Waals surface area contributed by atoms with Gasteiger partial charge in [0.25, 0.3) is 0 Å². The first-order valence-corrected chi connectivity index (χ1v) is 6.54. The van der Waals surface area contributed by atoms with E-state index in [1.807, 2.05) is 4.68 Å². The van der Waals surface area contributed by atoms with Crippen molar-refractivity contribution in [3.8, 4) is 0 Å². The average molecular weight is 290 g/mol. The van der Waals surface area contributed by atoms with Gasteiger partial charge in [0.1, 0.15) is 0 Å². The van der Waals surface area contributed by atoms with Crippen LogP contribution in [-0.4, -0.2) is 23.0 Å². The van der Waals surface area contributed by atoms with Crippen LogP contribution >= 0.6 is 15.9 Å². The molecule has 1 rings (SSSR count). The number of ether oxygens (including phenoxy) is 1. The molecule has 16 heavy (non-hydrogen) atoms. The predicted octanol–water partition coefficient (Wildman–Crippen LogP) is 2.48. The summed E-state index contributed by atoms with van der Waals surface area (Å²) in [5, 5.41) is 4.29. The summed E-state index contributed by atoms with van der Waals surface area (Å²) >= 11 is 3.48. The van der Waals surface area contributed by atoms with E-state index in [4.69, 9.17) is 10.5 Å². The van der Waals surface area contributed by atoms with Crippen LogP contribution in [0.4, 0.5) is 0 Å². The van der Waals surface area contributed by atoms with Gasteiger partial charge < -0.3 is 10.5 Å². The summed E-state index contributed by atoms with van der Waals surface area (Å²) in [5.74, 6) is 0. The Labute approximate surface area is 105 Å². The van der Waals surface area contributed by atoms with E-state index in [2.05, 4.69) is 34.9 Å². The molecule has 0 aliphatic rings. The van der Waals surface area contributed by atoms with Crippen molar-refractivity contribution in [3.63, 3.8) is 0 Å². The topological polar surface area (TPSA) is 53.1 Å². The van der Waals surface area contributed by atoms with Crippen LogP contribution in [0, 0.1) is 0 Å². The Morgan fingerprint density at radius 1 is 1.50 bits per heavy atom. The fourth-order valence-corrected chi connectivity index (χ4v) is 2.15. The highest BCUT2D eigenvalue weighted by atomic mass is 79.9. The second-order valence-electron chi connectivity index (χ2n) is 3.78. The number of hydrogen-bond donors (Lipinski definition) is 1. The van der Waals surface area contributed by atoms with Gasteiger partial charge in [0.05, 0.1) is 29.0 Å². The van der Waals surface area contributed by atoms with E-state index in [1.165, 1.54) is 0 Å². The SMILES string of the molecule is CCCOCC(N)c1c(Br)cnn1CCC. The zero-order valence-corrected chi connectivity index (χ0v) is 11.5. The summed E-state index contributed by atoms with van der Waals surface area (Å²) in [6, 6.07) is -0.116. The van der Waals surface area contributed by atoms with Crippen molar-refractivity contribution in [3.05, 3.63) is 16.4 Å². The number of rotatable bonds is 7. The van der Waals surface area contributed by atoms with E-state index in [1.54, 1.807) is 6.20 Å². The van der Waals surface area contributed by atoms with Crippen LogP contribution in [0.25, 0.3) is 0 Å². The Bertz CT molecular complexity index is 314. The summed E-state index contributed by atoms with van der Waals surface area (Å²) in [7, 11) is 0. The third-order valence-corrected chi connectivity index (χ3v) is 2.88. The Kier molecular flexibility index (Phi) is 6.01. The molecule has 0 aromatic carbocycles. The molecule has 0 aliphatic carbocycles. The first-order chi connectivity index (χ1) is 7.70. The molecule has 1 atom stereocenters. The molecule has 1 aromatic heterocycles. The summed E-state index contributed by atoms with van der Waals surface area (Å²) in [5.41, 5.74) is 7.12. The average Bonchev–Trinajstić information content (AvgIpc) is 2.61. The lowest BCUT2D eigenvalue weighted by Gasteiger charge is -2.14. The molecule has 0 saturated heterocycles. The van der Waals surface area contributed by atoms with Crippen molar-refractivity contribution >= 4 is 15.9 Å². The molecule has 0 aliphatic heterocycles. The molecule has 0 radical (unpaired) electrons. The van der Waals surface area contributed by atoms with E-state index in [0.717, 1.165) is 36.2 Å². The van der Waals surface area contributed by atoms with Gasteiger partial charge in [0, 0.05) is 13.2 Å². The first kappa shape index (κ1) is 13.7. The van der Waals surface area contributed by atoms with Gasteiger partial charge in [0.2, 0.25) is 0 Å². The molecule has 0 amide bonds. The highest BCUT2D eigenvalue weighted by Gasteiger charge is 2.16. The Balaban J connectivity index is 2.65. The van der Waals surface area contributed by atoms with E-state index in [9.17, 15) is 0 Å². The third-order valence-electron chi connectivity index (χ3n) is 2.27. The Morgan fingerprint density at radius 2 is 2.25 bits per heavy atom. The maximum Gasteiger partial charge on any atom is 0.0717 e. The number of aryl methyl sites for hydroxylation is 1. The van der Waals surface area contributed by atoms with Crippen molar-refractivity contribution in [1.82, 2.24) is 9.78 Å². The van der Waals surface area contributed by atoms with Gasteiger partial charge in [0.15, 0.2) is 0 Å². The smallest absolute Gasteiger partial charge is 0.0717 e.